The minimum Gasteiger partial charge on any atom is -0.454 e. The Balaban J connectivity index is 1.73. The van der Waals surface area contributed by atoms with E-state index in [0.29, 0.717) is 27.9 Å². The maximum absolute atomic E-state index is 12.9. The first kappa shape index (κ1) is 16.3. The van der Waals surface area contributed by atoms with Crippen LogP contribution in [0, 0.1) is 13.8 Å². The number of carbonyl (C=O) groups excluding carboxylic acids is 1. The van der Waals surface area contributed by atoms with Crippen LogP contribution in [-0.4, -0.2) is 22.3 Å². The first-order valence-corrected chi connectivity index (χ1v) is 8.70. The van der Waals surface area contributed by atoms with Gasteiger partial charge in [0, 0.05) is 23.3 Å². The number of thiazole rings is 1. The zero-order valence-corrected chi connectivity index (χ0v) is 14.9. The SMILES string of the molecule is Cc1cnc(NC(=O)c2c(C)ccn(-c3ccc4c(c3)OCO4)c2=O)s1. The number of amides is 1. The number of aryl methyl sites for hydroxylation is 2. The van der Waals surface area contributed by atoms with E-state index in [9.17, 15) is 9.59 Å². The maximum Gasteiger partial charge on any atom is 0.268 e. The summed E-state index contributed by atoms with van der Waals surface area (Å²) in [6.07, 6.45) is 3.31. The first-order valence-electron chi connectivity index (χ1n) is 7.89. The molecule has 0 radical (unpaired) electrons. The second-order valence-electron chi connectivity index (χ2n) is 5.82. The lowest BCUT2D eigenvalue weighted by atomic mass is 10.1. The van der Waals surface area contributed by atoms with Gasteiger partial charge >= 0.3 is 0 Å². The quantitative estimate of drug-likeness (QED) is 0.768. The van der Waals surface area contributed by atoms with Crippen LogP contribution < -0.4 is 20.3 Å². The Labute approximate surface area is 152 Å². The lowest BCUT2D eigenvalue weighted by Crippen LogP contribution is -2.29. The van der Waals surface area contributed by atoms with Gasteiger partial charge in [-0.2, -0.15) is 0 Å². The molecule has 1 N–H and O–H groups in total. The van der Waals surface area contributed by atoms with Gasteiger partial charge in [0.05, 0.1) is 5.69 Å². The van der Waals surface area contributed by atoms with E-state index in [1.807, 2.05) is 6.92 Å². The second kappa shape index (κ2) is 6.30. The van der Waals surface area contributed by atoms with Crippen molar-refractivity contribution < 1.29 is 14.3 Å². The first-order chi connectivity index (χ1) is 12.5. The van der Waals surface area contributed by atoms with Gasteiger partial charge in [-0.3, -0.25) is 19.5 Å². The van der Waals surface area contributed by atoms with Crippen molar-refractivity contribution >= 4 is 22.4 Å². The molecular weight excluding hydrogens is 354 g/mol. The number of pyridine rings is 1. The molecule has 0 unspecified atom stereocenters. The van der Waals surface area contributed by atoms with Gasteiger partial charge in [0.15, 0.2) is 16.6 Å². The van der Waals surface area contributed by atoms with Gasteiger partial charge in [-0.25, -0.2) is 4.98 Å². The van der Waals surface area contributed by atoms with Gasteiger partial charge in [-0.15, -0.1) is 11.3 Å². The van der Waals surface area contributed by atoms with Crippen molar-refractivity contribution in [2.24, 2.45) is 0 Å². The van der Waals surface area contributed by atoms with Crippen molar-refractivity contribution in [1.82, 2.24) is 9.55 Å². The molecule has 7 nitrogen and oxygen atoms in total. The van der Waals surface area contributed by atoms with E-state index < -0.39 is 11.5 Å². The van der Waals surface area contributed by atoms with Crippen LogP contribution in [0.5, 0.6) is 11.5 Å². The number of nitrogens with zero attached hydrogens (tertiary/aromatic N) is 2. The van der Waals surface area contributed by atoms with Gasteiger partial charge < -0.3 is 9.47 Å². The molecule has 0 spiro atoms. The molecule has 4 rings (SSSR count). The molecule has 132 valence electrons. The zero-order valence-electron chi connectivity index (χ0n) is 14.1. The lowest BCUT2D eigenvalue weighted by Gasteiger charge is -2.11. The Hall–Kier alpha value is -3.13. The normalized spacial score (nSPS) is 12.2. The molecule has 2 aromatic heterocycles. The number of carbonyl (C=O) groups is 1. The van der Waals surface area contributed by atoms with E-state index >= 15 is 0 Å². The van der Waals surface area contributed by atoms with E-state index in [1.165, 1.54) is 15.9 Å². The van der Waals surface area contributed by atoms with Crippen LogP contribution in [0.4, 0.5) is 5.13 Å². The molecule has 1 aliphatic rings. The minimum absolute atomic E-state index is 0.0815. The highest BCUT2D eigenvalue weighted by Gasteiger charge is 2.19. The molecule has 0 saturated carbocycles. The molecule has 0 aliphatic carbocycles. The van der Waals surface area contributed by atoms with E-state index in [4.69, 9.17) is 9.47 Å². The number of nitrogens with one attached hydrogen (secondary N) is 1. The van der Waals surface area contributed by atoms with Crippen LogP contribution in [0.1, 0.15) is 20.8 Å². The minimum atomic E-state index is -0.475. The number of anilines is 1. The highest BCUT2D eigenvalue weighted by Crippen LogP contribution is 2.33. The van der Waals surface area contributed by atoms with Crippen molar-refractivity contribution in [3.05, 3.63) is 63.0 Å². The molecule has 3 heterocycles. The molecule has 1 aromatic carbocycles. The highest BCUT2D eigenvalue weighted by atomic mass is 32.1. The molecule has 1 amide bonds. The predicted octanol–water partition coefficient (Wildman–Crippen LogP) is 2.89. The van der Waals surface area contributed by atoms with Crippen molar-refractivity contribution in [1.29, 1.82) is 0 Å². The number of ether oxygens (including phenoxy) is 2. The topological polar surface area (TPSA) is 82.5 Å². The number of hydrogen-bond donors (Lipinski definition) is 1. The van der Waals surface area contributed by atoms with Crippen LogP contribution in [0.3, 0.4) is 0 Å². The number of hydrogen-bond acceptors (Lipinski definition) is 6. The van der Waals surface area contributed by atoms with Crippen LogP contribution in [0.15, 0.2) is 41.5 Å². The van der Waals surface area contributed by atoms with E-state index in [2.05, 4.69) is 10.3 Å². The number of fused-ring (bicyclic) bond motifs is 1. The molecule has 0 fully saturated rings. The van der Waals surface area contributed by atoms with Gasteiger partial charge in [0.2, 0.25) is 6.79 Å². The van der Waals surface area contributed by atoms with Crippen molar-refractivity contribution in [2.75, 3.05) is 12.1 Å². The summed E-state index contributed by atoms with van der Waals surface area (Å²) in [5.74, 6) is 0.724. The summed E-state index contributed by atoms with van der Waals surface area (Å²) < 4.78 is 12.1. The largest absolute Gasteiger partial charge is 0.454 e. The van der Waals surface area contributed by atoms with Gasteiger partial charge in [-0.05, 0) is 37.6 Å². The predicted molar refractivity (Wildman–Crippen MR) is 97.7 cm³/mol. The molecule has 8 heteroatoms. The third-order valence-electron chi connectivity index (χ3n) is 4.00. The molecule has 0 atom stereocenters. The maximum atomic E-state index is 12.9. The summed E-state index contributed by atoms with van der Waals surface area (Å²) >= 11 is 1.35. The third-order valence-corrected chi connectivity index (χ3v) is 4.83. The van der Waals surface area contributed by atoms with E-state index in [0.717, 1.165) is 4.88 Å². The van der Waals surface area contributed by atoms with Gasteiger partial charge in [0.25, 0.3) is 11.5 Å². The van der Waals surface area contributed by atoms with Crippen molar-refractivity contribution in [3.8, 4) is 17.2 Å². The average Bonchev–Trinajstić information content (AvgIpc) is 3.23. The van der Waals surface area contributed by atoms with Gasteiger partial charge in [0.1, 0.15) is 5.56 Å². The standard InChI is InChI=1S/C18H15N3O4S/c1-10-5-6-21(12-3-4-13-14(7-12)25-9-24-13)17(23)15(10)16(22)20-18-19-8-11(2)26-18/h3-8H,9H2,1-2H3,(H,19,20,22). The molecule has 0 saturated heterocycles. The number of rotatable bonds is 3. The summed E-state index contributed by atoms with van der Waals surface area (Å²) in [5.41, 5.74) is 0.865. The van der Waals surface area contributed by atoms with Crippen LogP contribution in [0.2, 0.25) is 0 Å². The van der Waals surface area contributed by atoms with Crippen LogP contribution in [0.25, 0.3) is 5.69 Å². The zero-order chi connectivity index (χ0) is 18.3. The summed E-state index contributed by atoms with van der Waals surface area (Å²) in [6, 6.07) is 6.93. The second-order valence-corrected chi connectivity index (χ2v) is 7.05. The lowest BCUT2D eigenvalue weighted by molar-refractivity contribution is 0.102. The molecule has 1 aliphatic heterocycles. The van der Waals surface area contributed by atoms with Crippen LogP contribution >= 0.6 is 11.3 Å². The molecule has 26 heavy (non-hydrogen) atoms. The Morgan fingerprint density at radius 2 is 2.04 bits per heavy atom. The Kier molecular flexibility index (Phi) is 3.96. The van der Waals surface area contributed by atoms with E-state index in [1.54, 1.807) is 43.6 Å². The Morgan fingerprint density at radius 3 is 2.81 bits per heavy atom. The molecule has 0 bridgehead atoms. The fourth-order valence-electron chi connectivity index (χ4n) is 2.71. The summed E-state index contributed by atoms with van der Waals surface area (Å²) in [7, 11) is 0. The van der Waals surface area contributed by atoms with Crippen LogP contribution in [-0.2, 0) is 0 Å². The molecular formula is C18H15N3O4S. The Bertz CT molecular complexity index is 1070. The van der Waals surface area contributed by atoms with Gasteiger partial charge in [-0.1, -0.05) is 0 Å². The monoisotopic (exact) mass is 369 g/mol. The Morgan fingerprint density at radius 1 is 1.23 bits per heavy atom. The van der Waals surface area contributed by atoms with Crippen molar-refractivity contribution in [2.45, 2.75) is 13.8 Å². The molecule has 3 aromatic rings. The summed E-state index contributed by atoms with van der Waals surface area (Å²) in [6.45, 7) is 3.78. The number of benzene rings is 1. The summed E-state index contributed by atoms with van der Waals surface area (Å²) in [4.78, 5) is 30.7. The third kappa shape index (κ3) is 2.84. The number of aromatic nitrogens is 2. The fourth-order valence-corrected chi connectivity index (χ4v) is 3.37. The fraction of sp³-hybridized carbons (Fsp3) is 0.167. The van der Waals surface area contributed by atoms with Crippen molar-refractivity contribution in [3.63, 3.8) is 0 Å². The average molecular weight is 369 g/mol. The smallest absolute Gasteiger partial charge is 0.268 e. The highest BCUT2D eigenvalue weighted by molar-refractivity contribution is 7.15. The summed E-state index contributed by atoms with van der Waals surface area (Å²) in [5, 5.41) is 3.15. The van der Waals surface area contributed by atoms with E-state index in [-0.39, 0.29) is 12.4 Å².